The van der Waals surface area contributed by atoms with Crippen LogP contribution in [0.4, 0.5) is 11.5 Å². The van der Waals surface area contributed by atoms with Crippen molar-refractivity contribution in [3.63, 3.8) is 0 Å². The van der Waals surface area contributed by atoms with Crippen LogP contribution in [0.15, 0.2) is 0 Å². The van der Waals surface area contributed by atoms with Crippen LogP contribution in [0.3, 0.4) is 0 Å². The van der Waals surface area contributed by atoms with Crippen LogP contribution in [0.1, 0.15) is 12.1 Å². The van der Waals surface area contributed by atoms with Gasteiger partial charge in [0.15, 0.2) is 5.82 Å². The molecular weight excluding hydrogens is 214 g/mol. The van der Waals surface area contributed by atoms with E-state index in [2.05, 4.69) is 16.0 Å². The number of hydrogen-bond donors (Lipinski definition) is 1. The minimum atomic E-state index is 0.167. The first kappa shape index (κ1) is 11.5. The van der Waals surface area contributed by atoms with Crippen LogP contribution in [0.2, 0.25) is 5.28 Å². The first-order valence-electron chi connectivity index (χ1n) is 4.44. The molecule has 0 aliphatic carbocycles. The number of anilines is 2. The van der Waals surface area contributed by atoms with Gasteiger partial charge in [-0.1, -0.05) is 0 Å². The van der Waals surface area contributed by atoms with Gasteiger partial charge in [0.05, 0.1) is 23.9 Å². The fourth-order valence-electron chi connectivity index (χ4n) is 1.15. The molecule has 1 rings (SSSR count). The molecule has 0 radical (unpaired) electrons. The van der Waals surface area contributed by atoms with Crippen LogP contribution in [-0.2, 0) is 0 Å². The summed E-state index contributed by atoms with van der Waals surface area (Å²) in [5.74, 6) is 0.572. The molecule has 1 aromatic rings. The topological polar surface area (TPSA) is 78.8 Å². The lowest BCUT2D eigenvalue weighted by atomic mass is 10.3. The van der Waals surface area contributed by atoms with E-state index in [-0.39, 0.29) is 5.28 Å². The molecule has 0 aliphatic rings. The molecule has 0 saturated heterocycles. The maximum atomic E-state index is 8.47. The smallest absolute Gasteiger partial charge is 0.224 e. The Bertz CT molecular complexity index is 398. The van der Waals surface area contributed by atoms with Crippen molar-refractivity contribution in [2.45, 2.75) is 13.3 Å². The molecule has 0 amide bonds. The van der Waals surface area contributed by atoms with Crippen LogP contribution < -0.4 is 10.6 Å². The van der Waals surface area contributed by atoms with E-state index in [9.17, 15) is 0 Å². The van der Waals surface area contributed by atoms with E-state index >= 15 is 0 Å². The highest BCUT2D eigenvalue weighted by Crippen LogP contribution is 2.23. The largest absolute Gasteiger partial charge is 0.394 e. The summed E-state index contributed by atoms with van der Waals surface area (Å²) in [6.07, 6.45) is 0.413. The Morgan fingerprint density at radius 2 is 2.20 bits per heavy atom. The molecule has 1 aromatic heterocycles. The molecule has 15 heavy (non-hydrogen) atoms. The Morgan fingerprint density at radius 3 is 2.80 bits per heavy atom. The SMILES string of the molecule is Cc1nc(Cl)nc(N(C)CCC#N)c1N. The van der Waals surface area contributed by atoms with Gasteiger partial charge in [0, 0.05) is 13.6 Å². The van der Waals surface area contributed by atoms with Gasteiger partial charge in [0.25, 0.3) is 0 Å². The van der Waals surface area contributed by atoms with Gasteiger partial charge in [-0.15, -0.1) is 0 Å². The Balaban J connectivity index is 2.98. The van der Waals surface area contributed by atoms with Crippen molar-refractivity contribution in [2.75, 3.05) is 24.2 Å². The molecule has 0 atom stereocenters. The maximum absolute atomic E-state index is 8.47. The molecule has 0 fully saturated rings. The van der Waals surface area contributed by atoms with Crippen molar-refractivity contribution in [3.8, 4) is 6.07 Å². The monoisotopic (exact) mass is 225 g/mol. The van der Waals surface area contributed by atoms with Gasteiger partial charge in [-0.05, 0) is 18.5 Å². The Labute approximate surface area is 93.5 Å². The zero-order chi connectivity index (χ0) is 11.4. The van der Waals surface area contributed by atoms with Gasteiger partial charge < -0.3 is 10.6 Å². The van der Waals surface area contributed by atoms with E-state index in [4.69, 9.17) is 22.6 Å². The zero-order valence-electron chi connectivity index (χ0n) is 8.66. The zero-order valence-corrected chi connectivity index (χ0v) is 9.41. The number of halogens is 1. The number of nitrogen functional groups attached to an aromatic ring is 1. The molecule has 1 heterocycles. The van der Waals surface area contributed by atoms with Gasteiger partial charge in [-0.25, -0.2) is 4.98 Å². The molecule has 0 aromatic carbocycles. The Kier molecular flexibility index (Phi) is 3.69. The summed E-state index contributed by atoms with van der Waals surface area (Å²) in [6, 6.07) is 2.06. The number of nitrogens with zero attached hydrogens (tertiary/aromatic N) is 4. The van der Waals surface area contributed by atoms with Crippen molar-refractivity contribution >= 4 is 23.1 Å². The van der Waals surface area contributed by atoms with E-state index in [0.29, 0.717) is 30.2 Å². The molecule has 5 nitrogen and oxygen atoms in total. The van der Waals surface area contributed by atoms with E-state index in [1.54, 1.807) is 11.8 Å². The number of hydrogen-bond acceptors (Lipinski definition) is 5. The van der Waals surface area contributed by atoms with Gasteiger partial charge in [-0.3, -0.25) is 0 Å². The second kappa shape index (κ2) is 4.80. The summed E-state index contributed by atoms with van der Waals surface area (Å²) < 4.78 is 0. The van der Waals surface area contributed by atoms with Crippen LogP contribution in [0.25, 0.3) is 0 Å². The summed E-state index contributed by atoms with van der Waals surface area (Å²) >= 11 is 5.73. The molecule has 80 valence electrons. The van der Waals surface area contributed by atoms with Crippen LogP contribution >= 0.6 is 11.6 Å². The number of aryl methyl sites for hydroxylation is 1. The lowest BCUT2D eigenvalue weighted by Gasteiger charge is -2.19. The number of aromatic nitrogens is 2. The van der Waals surface area contributed by atoms with Crippen LogP contribution in [0, 0.1) is 18.3 Å². The summed E-state index contributed by atoms with van der Waals surface area (Å²) in [5.41, 5.74) is 6.96. The first-order valence-corrected chi connectivity index (χ1v) is 4.81. The molecule has 6 heteroatoms. The fourth-order valence-corrected chi connectivity index (χ4v) is 1.35. The average Bonchev–Trinajstić information content (AvgIpc) is 2.19. The predicted octanol–water partition coefficient (Wildman–Crippen LogP) is 1.37. The third kappa shape index (κ3) is 2.70. The minimum absolute atomic E-state index is 0.167. The fraction of sp³-hybridized carbons (Fsp3) is 0.444. The van der Waals surface area contributed by atoms with Crippen molar-refractivity contribution in [1.82, 2.24) is 9.97 Å². The van der Waals surface area contributed by atoms with E-state index in [1.807, 2.05) is 7.05 Å². The number of nitriles is 1. The van der Waals surface area contributed by atoms with Crippen molar-refractivity contribution in [1.29, 1.82) is 5.26 Å². The van der Waals surface area contributed by atoms with Gasteiger partial charge in [0.1, 0.15) is 0 Å². The van der Waals surface area contributed by atoms with Crippen molar-refractivity contribution < 1.29 is 0 Å². The highest BCUT2D eigenvalue weighted by atomic mass is 35.5. The highest BCUT2D eigenvalue weighted by molar-refractivity contribution is 6.28. The van der Waals surface area contributed by atoms with E-state index in [1.165, 1.54) is 0 Å². The lowest BCUT2D eigenvalue weighted by molar-refractivity contribution is 0.878. The maximum Gasteiger partial charge on any atom is 0.224 e. The number of rotatable bonds is 3. The van der Waals surface area contributed by atoms with Crippen molar-refractivity contribution in [3.05, 3.63) is 11.0 Å². The second-order valence-electron chi connectivity index (χ2n) is 3.14. The molecular formula is C9H12ClN5. The molecule has 0 spiro atoms. The summed E-state index contributed by atoms with van der Waals surface area (Å²) in [5, 5.41) is 8.64. The van der Waals surface area contributed by atoms with Crippen molar-refractivity contribution in [2.24, 2.45) is 0 Å². The lowest BCUT2D eigenvalue weighted by Crippen LogP contribution is -2.21. The molecule has 0 aliphatic heterocycles. The minimum Gasteiger partial charge on any atom is -0.394 e. The summed E-state index contributed by atoms with van der Waals surface area (Å²) in [6.45, 7) is 2.33. The summed E-state index contributed by atoms with van der Waals surface area (Å²) in [7, 11) is 1.81. The van der Waals surface area contributed by atoms with Crippen LogP contribution in [-0.4, -0.2) is 23.6 Å². The van der Waals surface area contributed by atoms with E-state index < -0.39 is 0 Å². The highest BCUT2D eigenvalue weighted by Gasteiger charge is 2.11. The van der Waals surface area contributed by atoms with Crippen LogP contribution in [0.5, 0.6) is 0 Å². The predicted molar refractivity (Wildman–Crippen MR) is 59.7 cm³/mol. The molecule has 0 saturated carbocycles. The standard InChI is InChI=1S/C9H12ClN5/c1-6-7(12)8(14-9(10)13-6)15(2)5-3-4-11/h3,5,12H2,1-2H3. The molecule has 0 bridgehead atoms. The number of nitrogens with two attached hydrogens (primary N) is 1. The second-order valence-corrected chi connectivity index (χ2v) is 3.48. The van der Waals surface area contributed by atoms with Gasteiger partial charge in [0.2, 0.25) is 5.28 Å². The Morgan fingerprint density at radius 1 is 1.53 bits per heavy atom. The molecule has 0 unspecified atom stereocenters. The third-order valence-electron chi connectivity index (χ3n) is 2.01. The Hall–Kier alpha value is -1.54. The third-order valence-corrected chi connectivity index (χ3v) is 2.18. The summed E-state index contributed by atoms with van der Waals surface area (Å²) in [4.78, 5) is 9.76. The van der Waals surface area contributed by atoms with Gasteiger partial charge in [-0.2, -0.15) is 10.2 Å². The normalized spacial score (nSPS) is 9.73. The first-order chi connectivity index (χ1) is 7.06. The van der Waals surface area contributed by atoms with E-state index in [0.717, 1.165) is 0 Å². The van der Waals surface area contributed by atoms with Gasteiger partial charge >= 0.3 is 0 Å². The average molecular weight is 226 g/mol. The quantitative estimate of drug-likeness (QED) is 0.786. The molecule has 2 N–H and O–H groups in total.